The van der Waals surface area contributed by atoms with E-state index in [2.05, 4.69) is 58.6 Å². The molecule has 112 valence electrons. The van der Waals surface area contributed by atoms with Gasteiger partial charge < -0.3 is 9.55 Å². The zero-order valence-electron chi connectivity index (χ0n) is 12.7. The molecule has 0 radical (unpaired) electrons. The van der Waals surface area contributed by atoms with Crippen molar-refractivity contribution < 1.29 is 0 Å². The third-order valence-electron chi connectivity index (χ3n) is 4.53. The lowest BCUT2D eigenvalue weighted by Crippen LogP contribution is -2.40. The maximum absolute atomic E-state index is 5.43. The highest BCUT2D eigenvalue weighted by Gasteiger charge is 2.28. The second-order valence-electron chi connectivity index (χ2n) is 6.16. The van der Waals surface area contributed by atoms with Crippen LogP contribution in [0.5, 0.6) is 0 Å². The molecule has 0 bridgehead atoms. The number of likely N-dealkylation sites (tertiary alicyclic amines) is 1. The van der Waals surface area contributed by atoms with Gasteiger partial charge in [-0.2, -0.15) is 0 Å². The second-order valence-corrected chi connectivity index (χ2v) is 6.55. The SMILES string of the molecule is Cc1c[nH]c(=S)n1C1CCN(Cc2ccccc2)CC1C. The molecule has 0 amide bonds. The molecule has 1 aliphatic heterocycles. The summed E-state index contributed by atoms with van der Waals surface area (Å²) in [6, 6.07) is 11.3. The lowest BCUT2D eigenvalue weighted by Gasteiger charge is -2.38. The maximum atomic E-state index is 5.43. The highest BCUT2D eigenvalue weighted by atomic mass is 32.1. The Kier molecular flexibility index (Phi) is 4.27. The third-order valence-corrected chi connectivity index (χ3v) is 4.84. The molecule has 0 aliphatic carbocycles. The maximum Gasteiger partial charge on any atom is 0.177 e. The Morgan fingerprint density at radius 1 is 1.29 bits per heavy atom. The Hall–Kier alpha value is -1.39. The average molecular weight is 301 g/mol. The molecule has 1 N–H and O–H groups in total. The third kappa shape index (κ3) is 3.11. The summed E-state index contributed by atoms with van der Waals surface area (Å²) in [5.41, 5.74) is 2.64. The first-order valence-electron chi connectivity index (χ1n) is 7.68. The van der Waals surface area contributed by atoms with E-state index in [9.17, 15) is 0 Å². The highest BCUT2D eigenvalue weighted by molar-refractivity contribution is 7.71. The van der Waals surface area contributed by atoms with Crippen molar-refractivity contribution in [3.05, 3.63) is 52.6 Å². The van der Waals surface area contributed by atoms with Crippen LogP contribution < -0.4 is 0 Å². The zero-order chi connectivity index (χ0) is 14.8. The van der Waals surface area contributed by atoms with Crippen LogP contribution in [0.3, 0.4) is 0 Å². The van der Waals surface area contributed by atoms with Gasteiger partial charge in [0.15, 0.2) is 4.77 Å². The molecule has 0 spiro atoms. The molecule has 4 heteroatoms. The predicted octanol–water partition coefficient (Wildman–Crippen LogP) is 3.94. The van der Waals surface area contributed by atoms with Gasteiger partial charge in [0.2, 0.25) is 0 Å². The molecule has 0 saturated carbocycles. The fourth-order valence-electron chi connectivity index (χ4n) is 3.47. The van der Waals surface area contributed by atoms with E-state index in [1.165, 1.54) is 17.7 Å². The number of aryl methyl sites for hydroxylation is 1. The van der Waals surface area contributed by atoms with Crippen LogP contribution in [0.4, 0.5) is 0 Å². The van der Waals surface area contributed by atoms with Crippen LogP contribution in [0, 0.1) is 17.6 Å². The molecule has 3 rings (SSSR count). The van der Waals surface area contributed by atoms with E-state index in [-0.39, 0.29) is 0 Å². The Labute approximate surface area is 131 Å². The smallest absolute Gasteiger partial charge is 0.177 e. The number of H-pyrrole nitrogens is 1. The molecule has 2 unspecified atom stereocenters. The number of piperidine rings is 1. The van der Waals surface area contributed by atoms with Gasteiger partial charge in [-0.3, -0.25) is 4.90 Å². The van der Waals surface area contributed by atoms with E-state index in [1.807, 2.05) is 6.20 Å². The first-order valence-corrected chi connectivity index (χ1v) is 8.09. The lowest BCUT2D eigenvalue weighted by atomic mass is 9.93. The van der Waals surface area contributed by atoms with Crippen molar-refractivity contribution in [1.82, 2.24) is 14.5 Å². The highest BCUT2D eigenvalue weighted by Crippen LogP contribution is 2.30. The summed E-state index contributed by atoms with van der Waals surface area (Å²) in [6.07, 6.45) is 3.19. The topological polar surface area (TPSA) is 24.0 Å². The summed E-state index contributed by atoms with van der Waals surface area (Å²) in [5, 5.41) is 0. The van der Waals surface area contributed by atoms with Gasteiger partial charge in [-0.15, -0.1) is 0 Å². The van der Waals surface area contributed by atoms with Gasteiger partial charge in [0.05, 0.1) is 0 Å². The normalized spacial score (nSPS) is 23.3. The summed E-state index contributed by atoms with van der Waals surface area (Å²) in [5.74, 6) is 0.615. The van der Waals surface area contributed by atoms with Crippen LogP contribution >= 0.6 is 12.2 Å². The van der Waals surface area contributed by atoms with E-state index < -0.39 is 0 Å². The first kappa shape index (κ1) is 14.5. The van der Waals surface area contributed by atoms with Gasteiger partial charge in [0.1, 0.15) is 0 Å². The number of benzene rings is 1. The molecule has 1 aromatic carbocycles. The lowest BCUT2D eigenvalue weighted by molar-refractivity contribution is 0.125. The van der Waals surface area contributed by atoms with Crippen molar-refractivity contribution in [3.63, 3.8) is 0 Å². The van der Waals surface area contributed by atoms with Crippen molar-refractivity contribution in [2.45, 2.75) is 32.9 Å². The molecule has 2 aromatic rings. The number of nitrogens with one attached hydrogen (secondary N) is 1. The summed E-state index contributed by atoms with van der Waals surface area (Å²) in [7, 11) is 0. The van der Waals surface area contributed by atoms with E-state index in [0.717, 1.165) is 24.4 Å². The van der Waals surface area contributed by atoms with Crippen molar-refractivity contribution in [2.24, 2.45) is 5.92 Å². The van der Waals surface area contributed by atoms with Crippen LogP contribution in [-0.4, -0.2) is 27.5 Å². The molecule has 2 atom stereocenters. The fourth-order valence-corrected chi connectivity index (χ4v) is 3.80. The van der Waals surface area contributed by atoms with Crippen molar-refractivity contribution in [3.8, 4) is 0 Å². The van der Waals surface area contributed by atoms with Gasteiger partial charge in [-0.1, -0.05) is 37.3 Å². The summed E-state index contributed by atoms with van der Waals surface area (Å²) in [6.45, 7) is 7.79. The van der Waals surface area contributed by atoms with Crippen LogP contribution in [0.15, 0.2) is 36.5 Å². The standard InChI is InChI=1S/C17H23N3S/c1-13-11-19(12-15-6-4-3-5-7-15)9-8-16(13)20-14(2)10-18-17(20)21/h3-7,10,13,16H,8-9,11-12H2,1-2H3,(H,18,21). The van der Waals surface area contributed by atoms with Crippen LogP contribution in [0.2, 0.25) is 0 Å². The first-order chi connectivity index (χ1) is 10.1. The van der Waals surface area contributed by atoms with E-state index in [4.69, 9.17) is 12.2 Å². The molecular weight excluding hydrogens is 278 g/mol. The molecule has 1 saturated heterocycles. The molecule has 1 fully saturated rings. The molecular formula is C17H23N3S. The minimum atomic E-state index is 0.524. The van der Waals surface area contributed by atoms with E-state index in [1.54, 1.807) is 0 Å². The predicted molar refractivity (Wildman–Crippen MR) is 88.9 cm³/mol. The Morgan fingerprint density at radius 3 is 2.67 bits per heavy atom. The molecule has 1 aliphatic rings. The molecule has 2 heterocycles. The Morgan fingerprint density at radius 2 is 2.05 bits per heavy atom. The molecule has 21 heavy (non-hydrogen) atoms. The Balaban J connectivity index is 1.69. The number of nitrogens with zero attached hydrogens (tertiary/aromatic N) is 2. The summed E-state index contributed by atoms with van der Waals surface area (Å²) < 4.78 is 3.17. The Bertz CT molecular complexity index is 644. The van der Waals surface area contributed by atoms with Gasteiger partial charge in [0, 0.05) is 37.6 Å². The molecule has 3 nitrogen and oxygen atoms in total. The second kappa shape index (κ2) is 6.16. The van der Waals surface area contributed by atoms with Gasteiger partial charge >= 0.3 is 0 Å². The number of hydrogen-bond donors (Lipinski definition) is 1. The van der Waals surface area contributed by atoms with Crippen LogP contribution in [-0.2, 0) is 6.54 Å². The zero-order valence-corrected chi connectivity index (χ0v) is 13.6. The number of aromatic amines is 1. The minimum Gasteiger partial charge on any atom is -0.337 e. The molecule has 1 aromatic heterocycles. The summed E-state index contributed by atoms with van der Waals surface area (Å²) >= 11 is 5.43. The van der Waals surface area contributed by atoms with E-state index >= 15 is 0 Å². The number of hydrogen-bond acceptors (Lipinski definition) is 2. The van der Waals surface area contributed by atoms with Crippen molar-refractivity contribution in [2.75, 3.05) is 13.1 Å². The number of imidazole rings is 1. The average Bonchev–Trinajstić information content (AvgIpc) is 2.80. The number of aromatic nitrogens is 2. The van der Waals surface area contributed by atoms with Gasteiger partial charge in [-0.05, 0) is 37.0 Å². The largest absolute Gasteiger partial charge is 0.337 e. The van der Waals surface area contributed by atoms with Gasteiger partial charge in [0.25, 0.3) is 0 Å². The monoisotopic (exact) mass is 301 g/mol. The van der Waals surface area contributed by atoms with Crippen molar-refractivity contribution in [1.29, 1.82) is 0 Å². The van der Waals surface area contributed by atoms with Crippen LogP contribution in [0.1, 0.15) is 30.6 Å². The van der Waals surface area contributed by atoms with Crippen LogP contribution in [0.25, 0.3) is 0 Å². The van der Waals surface area contributed by atoms with Crippen molar-refractivity contribution >= 4 is 12.2 Å². The quantitative estimate of drug-likeness (QED) is 0.868. The summed E-state index contributed by atoms with van der Waals surface area (Å²) in [4.78, 5) is 5.73. The van der Waals surface area contributed by atoms with E-state index in [0.29, 0.717) is 12.0 Å². The number of rotatable bonds is 3. The minimum absolute atomic E-state index is 0.524. The fraction of sp³-hybridized carbons (Fsp3) is 0.471. The van der Waals surface area contributed by atoms with Gasteiger partial charge in [-0.25, -0.2) is 0 Å².